The summed E-state index contributed by atoms with van der Waals surface area (Å²) < 4.78 is 0. The highest BCUT2D eigenvalue weighted by Gasteiger charge is 2.09. The molecule has 16 heavy (non-hydrogen) atoms. The van der Waals surface area contributed by atoms with E-state index in [9.17, 15) is 0 Å². The SMILES string of the molecule is C=C(C)CN(CC)c1ccc(C)cc1C#N. The molecule has 0 aromatic heterocycles. The zero-order valence-corrected chi connectivity index (χ0v) is 10.2. The molecule has 1 aromatic carbocycles. The Hall–Kier alpha value is -1.75. The van der Waals surface area contributed by atoms with Crippen LogP contribution < -0.4 is 4.90 Å². The summed E-state index contributed by atoms with van der Waals surface area (Å²) in [5, 5.41) is 9.12. The number of aryl methyl sites for hydroxylation is 1. The van der Waals surface area contributed by atoms with Crippen molar-refractivity contribution in [3.05, 3.63) is 41.5 Å². The number of hydrogen-bond acceptors (Lipinski definition) is 2. The molecule has 1 aromatic rings. The molecule has 0 aliphatic carbocycles. The lowest BCUT2D eigenvalue weighted by atomic mass is 10.1. The van der Waals surface area contributed by atoms with Crippen molar-refractivity contribution in [3.63, 3.8) is 0 Å². The lowest BCUT2D eigenvalue weighted by molar-refractivity contribution is 0.878. The maximum absolute atomic E-state index is 9.12. The molecule has 0 bridgehead atoms. The molecular formula is C14H18N2. The Morgan fingerprint density at radius 3 is 2.69 bits per heavy atom. The summed E-state index contributed by atoms with van der Waals surface area (Å²) in [5.41, 5.74) is 3.96. The van der Waals surface area contributed by atoms with Crippen LogP contribution in [0.5, 0.6) is 0 Å². The van der Waals surface area contributed by atoms with Crippen molar-refractivity contribution < 1.29 is 0 Å². The molecule has 0 unspecified atom stereocenters. The summed E-state index contributed by atoms with van der Waals surface area (Å²) in [7, 11) is 0. The van der Waals surface area contributed by atoms with Gasteiger partial charge in [-0.2, -0.15) is 5.26 Å². The first kappa shape index (κ1) is 12.3. The van der Waals surface area contributed by atoms with Crippen molar-refractivity contribution >= 4 is 5.69 Å². The average molecular weight is 214 g/mol. The molecule has 0 radical (unpaired) electrons. The molecule has 2 heteroatoms. The van der Waals surface area contributed by atoms with E-state index in [-0.39, 0.29) is 0 Å². The van der Waals surface area contributed by atoms with E-state index >= 15 is 0 Å². The van der Waals surface area contributed by atoms with Crippen LogP contribution in [0, 0.1) is 18.3 Å². The minimum absolute atomic E-state index is 0.739. The van der Waals surface area contributed by atoms with Gasteiger partial charge in [-0.1, -0.05) is 18.2 Å². The second-order valence-electron chi connectivity index (χ2n) is 4.10. The molecule has 0 fully saturated rings. The topological polar surface area (TPSA) is 27.0 Å². The van der Waals surface area contributed by atoms with Crippen molar-refractivity contribution in [3.8, 4) is 6.07 Å². The Morgan fingerprint density at radius 2 is 2.19 bits per heavy atom. The van der Waals surface area contributed by atoms with Gasteiger partial charge in [-0.05, 0) is 38.5 Å². The summed E-state index contributed by atoms with van der Waals surface area (Å²) in [5.74, 6) is 0. The van der Waals surface area contributed by atoms with Gasteiger partial charge in [0.25, 0.3) is 0 Å². The molecule has 0 amide bonds. The highest BCUT2D eigenvalue weighted by molar-refractivity contribution is 5.60. The summed E-state index contributed by atoms with van der Waals surface area (Å²) in [6.07, 6.45) is 0. The highest BCUT2D eigenvalue weighted by atomic mass is 15.1. The van der Waals surface area contributed by atoms with Crippen LogP contribution in [0.15, 0.2) is 30.4 Å². The van der Waals surface area contributed by atoms with Crippen LogP contribution >= 0.6 is 0 Å². The van der Waals surface area contributed by atoms with Crippen LogP contribution in [-0.4, -0.2) is 13.1 Å². The predicted molar refractivity (Wildman–Crippen MR) is 68.6 cm³/mol. The first-order valence-corrected chi connectivity index (χ1v) is 5.48. The minimum atomic E-state index is 0.739. The minimum Gasteiger partial charge on any atom is -0.367 e. The Morgan fingerprint density at radius 1 is 1.50 bits per heavy atom. The lowest BCUT2D eigenvalue weighted by Gasteiger charge is -2.24. The Kier molecular flexibility index (Phi) is 4.13. The van der Waals surface area contributed by atoms with E-state index in [1.54, 1.807) is 0 Å². The average Bonchev–Trinajstić information content (AvgIpc) is 2.25. The van der Waals surface area contributed by atoms with Gasteiger partial charge in [0.1, 0.15) is 6.07 Å². The first-order chi connectivity index (χ1) is 7.58. The van der Waals surface area contributed by atoms with Crippen molar-refractivity contribution in [2.24, 2.45) is 0 Å². The largest absolute Gasteiger partial charge is 0.367 e. The summed E-state index contributed by atoms with van der Waals surface area (Å²) >= 11 is 0. The van der Waals surface area contributed by atoms with E-state index < -0.39 is 0 Å². The van der Waals surface area contributed by atoms with E-state index in [0.29, 0.717) is 0 Å². The maximum Gasteiger partial charge on any atom is 0.101 e. The van der Waals surface area contributed by atoms with E-state index in [1.165, 1.54) is 0 Å². The van der Waals surface area contributed by atoms with Gasteiger partial charge in [0.05, 0.1) is 11.3 Å². The third kappa shape index (κ3) is 2.87. The number of nitriles is 1. The molecule has 0 aliphatic rings. The fraction of sp³-hybridized carbons (Fsp3) is 0.357. The van der Waals surface area contributed by atoms with Crippen LogP contribution in [0.25, 0.3) is 0 Å². The quantitative estimate of drug-likeness (QED) is 0.719. The number of nitrogens with zero attached hydrogens (tertiary/aromatic N) is 2. The zero-order chi connectivity index (χ0) is 12.1. The Balaban J connectivity index is 3.10. The van der Waals surface area contributed by atoms with Crippen LogP contribution in [0.1, 0.15) is 25.0 Å². The zero-order valence-electron chi connectivity index (χ0n) is 10.2. The fourth-order valence-electron chi connectivity index (χ4n) is 1.71. The number of anilines is 1. The highest BCUT2D eigenvalue weighted by Crippen LogP contribution is 2.21. The normalized spacial score (nSPS) is 9.62. The van der Waals surface area contributed by atoms with Gasteiger partial charge in [-0.3, -0.25) is 0 Å². The van der Waals surface area contributed by atoms with Crippen LogP contribution in [0.2, 0.25) is 0 Å². The molecule has 1 rings (SSSR count). The van der Waals surface area contributed by atoms with E-state index in [1.807, 2.05) is 32.0 Å². The third-order valence-electron chi connectivity index (χ3n) is 2.46. The molecule has 0 spiro atoms. The fourth-order valence-corrected chi connectivity index (χ4v) is 1.71. The van der Waals surface area contributed by atoms with Gasteiger partial charge in [0.15, 0.2) is 0 Å². The molecule has 0 saturated carbocycles. The molecule has 0 atom stereocenters. The van der Waals surface area contributed by atoms with Crippen LogP contribution in [0.3, 0.4) is 0 Å². The number of likely N-dealkylation sites (N-methyl/N-ethyl adjacent to an activating group) is 1. The molecule has 2 nitrogen and oxygen atoms in total. The first-order valence-electron chi connectivity index (χ1n) is 5.48. The third-order valence-corrected chi connectivity index (χ3v) is 2.46. The van der Waals surface area contributed by atoms with Crippen molar-refractivity contribution in [2.45, 2.75) is 20.8 Å². The lowest BCUT2D eigenvalue weighted by Crippen LogP contribution is -2.25. The molecule has 0 aliphatic heterocycles. The second-order valence-corrected chi connectivity index (χ2v) is 4.10. The van der Waals surface area contributed by atoms with Gasteiger partial charge in [0.2, 0.25) is 0 Å². The molecule has 84 valence electrons. The van der Waals surface area contributed by atoms with Gasteiger partial charge < -0.3 is 4.90 Å². The van der Waals surface area contributed by atoms with Crippen LogP contribution in [-0.2, 0) is 0 Å². The van der Waals surface area contributed by atoms with E-state index in [4.69, 9.17) is 5.26 Å². The summed E-state index contributed by atoms with van der Waals surface area (Å²) in [4.78, 5) is 2.17. The summed E-state index contributed by atoms with van der Waals surface area (Å²) in [6, 6.07) is 8.23. The Labute approximate surface area is 97.8 Å². The maximum atomic E-state index is 9.12. The summed E-state index contributed by atoms with van der Waals surface area (Å²) in [6.45, 7) is 11.7. The van der Waals surface area contributed by atoms with Gasteiger partial charge >= 0.3 is 0 Å². The molecule has 0 heterocycles. The molecule has 0 N–H and O–H groups in total. The Bertz CT molecular complexity index is 427. The molecular weight excluding hydrogens is 196 g/mol. The van der Waals surface area contributed by atoms with Crippen LogP contribution in [0.4, 0.5) is 5.69 Å². The second kappa shape index (κ2) is 5.37. The smallest absolute Gasteiger partial charge is 0.101 e. The van der Waals surface area contributed by atoms with Crippen molar-refractivity contribution in [1.29, 1.82) is 5.26 Å². The van der Waals surface area contributed by atoms with Gasteiger partial charge in [-0.25, -0.2) is 0 Å². The van der Waals surface area contributed by atoms with E-state index in [0.717, 1.165) is 35.5 Å². The number of benzene rings is 1. The van der Waals surface area contributed by atoms with Crippen molar-refractivity contribution in [1.82, 2.24) is 0 Å². The van der Waals surface area contributed by atoms with Crippen molar-refractivity contribution in [2.75, 3.05) is 18.0 Å². The monoisotopic (exact) mass is 214 g/mol. The predicted octanol–water partition coefficient (Wildman–Crippen LogP) is 3.27. The van der Waals surface area contributed by atoms with E-state index in [2.05, 4.69) is 24.5 Å². The standard InChI is InChI=1S/C14H18N2/c1-5-16(10-11(2)3)14-7-6-12(4)8-13(14)9-15/h6-8H,2,5,10H2,1,3-4H3. The van der Waals surface area contributed by atoms with Gasteiger partial charge in [0, 0.05) is 13.1 Å². The number of rotatable bonds is 4. The molecule has 0 saturated heterocycles. The number of hydrogen-bond donors (Lipinski definition) is 0. The van der Waals surface area contributed by atoms with Gasteiger partial charge in [-0.15, -0.1) is 0 Å².